The summed E-state index contributed by atoms with van der Waals surface area (Å²) < 4.78 is 16.0. The van der Waals surface area contributed by atoms with Crippen molar-refractivity contribution in [1.29, 1.82) is 0 Å². The van der Waals surface area contributed by atoms with Gasteiger partial charge in [-0.15, -0.1) is 0 Å². The maximum Gasteiger partial charge on any atom is 0.335 e. The van der Waals surface area contributed by atoms with Crippen molar-refractivity contribution in [3.63, 3.8) is 0 Å². The molecule has 0 saturated heterocycles. The molecular formula is C18H20N2O6. The fourth-order valence-electron chi connectivity index (χ4n) is 2.34. The maximum atomic E-state index is 11.2. The van der Waals surface area contributed by atoms with Crippen LogP contribution < -0.4 is 25.3 Å². The van der Waals surface area contributed by atoms with Crippen LogP contribution in [0, 0.1) is 0 Å². The van der Waals surface area contributed by atoms with Gasteiger partial charge in [0.05, 0.1) is 25.5 Å². The van der Waals surface area contributed by atoms with E-state index in [0.717, 1.165) is 0 Å². The number of rotatable bonds is 9. The molecule has 0 atom stereocenters. The SMILES string of the molecule is COc1ccc(C(=O)O)cc1NCc1cccc(OC)c1OCC(N)=O. The van der Waals surface area contributed by atoms with E-state index in [1.807, 2.05) is 0 Å². The lowest BCUT2D eigenvalue weighted by atomic mass is 10.1. The van der Waals surface area contributed by atoms with Gasteiger partial charge in [-0.1, -0.05) is 12.1 Å². The van der Waals surface area contributed by atoms with Gasteiger partial charge >= 0.3 is 5.97 Å². The van der Waals surface area contributed by atoms with Crippen LogP contribution in [0.3, 0.4) is 0 Å². The number of para-hydroxylation sites is 1. The molecule has 8 heteroatoms. The third-order valence-corrected chi connectivity index (χ3v) is 3.55. The Labute approximate surface area is 150 Å². The zero-order valence-corrected chi connectivity index (χ0v) is 14.4. The van der Waals surface area contributed by atoms with Crippen molar-refractivity contribution in [1.82, 2.24) is 0 Å². The zero-order chi connectivity index (χ0) is 19.1. The molecule has 26 heavy (non-hydrogen) atoms. The summed E-state index contributed by atoms with van der Waals surface area (Å²) in [6, 6.07) is 9.77. The Morgan fingerprint density at radius 3 is 2.46 bits per heavy atom. The monoisotopic (exact) mass is 360 g/mol. The highest BCUT2D eigenvalue weighted by molar-refractivity contribution is 5.89. The fourth-order valence-corrected chi connectivity index (χ4v) is 2.34. The number of carboxylic acid groups (broad SMARTS) is 1. The van der Waals surface area contributed by atoms with Crippen LogP contribution in [-0.4, -0.2) is 37.8 Å². The van der Waals surface area contributed by atoms with Crippen LogP contribution >= 0.6 is 0 Å². The van der Waals surface area contributed by atoms with Crippen LogP contribution in [0.2, 0.25) is 0 Å². The minimum Gasteiger partial charge on any atom is -0.495 e. The number of hydrogen-bond donors (Lipinski definition) is 3. The van der Waals surface area contributed by atoms with E-state index in [9.17, 15) is 9.59 Å². The quantitative estimate of drug-likeness (QED) is 0.624. The molecule has 8 nitrogen and oxygen atoms in total. The number of nitrogens with one attached hydrogen (secondary N) is 1. The highest BCUT2D eigenvalue weighted by atomic mass is 16.5. The van der Waals surface area contributed by atoms with E-state index in [4.69, 9.17) is 25.1 Å². The van der Waals surface area contributed by atoms with Crippen LogP contribution in [0.15, 0.2) is 36.4 Å². The topological polar surface area (TPSA) is 120 Å². The predicted octanol–water partition coefficient (Wildman–Crippen LogP) is 1.88. The van der Waals surface area contributed by atoms with Crippen molar-refractivity contribution < 1.29 is 28.9 Å². The van der Waals surface area contributed by atoms with Crippen LogP contribution in [0.25, 0.3) is 0 Å². The number of carbonyl (C=O) groups excluding carboxylic acids is 1. The van der Waals surface area contributed by atoms with Crippen molar-refractivity contribution in [2.45, 2.75) is 6.54 Å². The molecule has 0 bridgehead atoms. The average Bonchev–Trinajstić information content (AvgIpc) is 2.64. The van der Waals surface area contributed by atoms with Crippen LogP contribution in [0.5, 0.6) is 17.2 Å². The van der Waals surface area contributed by atoms with Gasteiger partial charge in [0.25, 0.3) is 5.91 Å². The lowest BCUT2D eigenvalue weighted by Crippen LogP contribution is -2.21. The number of ether oxygens (including phenoxy) is 3. The van der Waals surface area contributed by atoms with E-state index in [2.05, 4.69) is 5.32 Å². The average molecular weight is 360 g/mol. The van der Waals surface area contributed by atoms with Crippen molar-refractivity contribution in [2.75, 3.05) is 26.1 Å². The van der Waals surface area contributed by atoms with Crippen molar-refractivity contribution in [3.05, 3.63) is 47.5 Å². The summed E-state index contributed by atoms with van der Waals surface area (Å²) in [4.78, 5) is 22.2. The Morgan fingerprint density at radius 1 is 1.12 bits per heavy atom. The normalized spacial score (nSPS) is 10.1. The second-order valence-corrected chi connectivity index (χ2v) is 5.28. The van der Waals surface area contributed by atoms with Gasteiger partial charge in [-0.05, 0) is 24.3 Å². The summed E-state index contributed by atoms with van der Waals surface area (Å²) in [5.74, 6) is -0.308. The summed E-state index contributed by atoms with van der Waals surface area (Å²) in [7, 11) is 2.98. The number of carboxylic acids is 1. The van der Waals surface area contributed by atoms with Crippen molar-refractivity contribution in [2.24, 2.45) is 5.73 Å². The van der Waals surface area contributed by atoms with Gasteiger partial charge in [0.1, 0.15) is 5.75 Å². The molecule has 0 aromatic heterocycles. The minimum atomic E-state index is -1.04. The summed E-state index contributed by atoms with van der Waals surface area (Å²) >= 11 is 0. The van der Waals surface area contributed by atoms with Crippen LogP contribution in [0.4, 0.5) is 5.69 Å². The smallest absolute Gasteiger partial charge is 0.335 e. The third kappa shape index (κ3) is 4.56. The maximum absolute atomic E-state index is 11.2. The first-order valence-corrected chi connectivity index (χ1v) is 7.68. The van der Waals surface area contributed by atoms with Crippen molar-refractivity contribution in [3.8, 4) is 17.2 Å². The predicted molar refractivity (Wildman–Crippen MR) is 95.0 cm³/mol. The van der Waals surface area contributed by atoms with Gasteiger partial charge in [0.15, 0.2) is 18.1 Å². The number of hydrogen-bond acceptors (Lipinski definition) is 6. The standard InChI is InChI=1S/C18H20N2O6/c1-24-14-7-6-11(18(22)23)8-13(14)20-9-12-4-3-5-15(25-2)17(12)26-10-16(19)21/h3-8,20H,9-10H2,1-2H3,(H2,19,21)(H,22,23). The summed E-state index contributed by atoms with van der Waals surface area (Å²) in [6.45, 7) is -0.00405. The number of aromatic carboxylic acids is 1. The highest BCUT2D eigenvalue weighted by Crippen LogP contribution is 2.33. The molecule has 0 aliphatic rings. The first-order valence-electron chi connectivity index (χ1n) is 7.68. The molecular weight excluding hydrogens is 340 g/mol. The molecule has 0 spiro atoms. The minimum absolute atomic E-state index is 0.129. The van der Waals surface area contributed by atoms with E-state index in [0.29, 0.717) is 28.5 Å². The molecule has 2 aromatic carbocycles. The Balaban J connectivity index is 2.27. The van der Waals surface area contributed by atoms with E-state index in [1.54, 1.807) is 24.3 Å². The molecule has 0 aliphatic heterocycles. The fraction of sp³-hybridized carbons (Fsp3) is 0.222. The molecule has 2 aromatic rings. The number of carbonyl (C=O) groups is 2. The summed E-state index contributed by atoms with van der Waals surface area (Å²) in [5, 5.41) is 12.3. The largest absolute Gasteiger partial charge is 0.495 e. The molecule has 4 N–H and O–H groups in total. The lowest BCUT2D eigenvalue weighted by Gasteiger charge is -2.16. The van der Waals surface area contributed by atoms with Gasteiger partial charge in [0, 0.05) is 12.1 Å². The van der Waals surface area contributed by atoms with Crippen LogP contribution in [-0.2, 0) is 11.3 Å². The molecule has 0 unspecified atom stereocenters. The van der Waals surface area contributed by atoms with Gasteiger partial charge in [-0.25, -0.2) is 4.79 Å². The molecule has 0 radical (unpaired) electrons. The first-order chi connectivity index (χ1) is 12.5. The van der Waals surface area contributed by atoms with Gasteiger partial charge in [-0.2, -0.15) is 0 Å². The molecule has 138 valence electrons. The third-order valence-electron chi connectivity index (χ3n) is 3.55. The number of nitrogens with two attached hydrogens (primary N) is 1. The first kappa shape index (κ1) is 18.9. The Bertz CT molecular complexity index is 806. The van der Waals surface area contributed by atoms with Crippen molar-refractivity contribution >= 4 is 17.6 Å². The number of primary amides is 1. The van der Waals surface area contributed by atoms with E-state index < -0.39 is 11.9 Å². The Hall–Kier alpha value is -3.42. The molecule has 0 saturated carbocycles. The number of anilines is 1. The Morgan fingerprint density at radius 2 is 1.85 bits per heavy atom. The van der Waals surface area contributed by atoms with Gasteiger partial charge < -0.3 is 30.4 Å². The molecule has 2 rings (SSSR count). The Kier molecular flexibility index (Phi) is 6.26. The number of benzene rings is 2. The second-order valence-electron chi connectivity index (χ2n) is 5.28. The zero-order valence-electron chi connectivity index (χ0n) is 14.4. The number of amides is 1. The second kappa shape index (κ2) is 8.61. The van der Waals surface area contributed by atoms with E-state index >= 15 is 0 Å². The molecule has 0 heterocycles. The lowest BCUT2D eigenvalue weighted by molar-refractivity contribution is -0.119. The van der Waals surface area contributed by atoms with E-state index in [-0.39, 0.29) is 18.7 Å². The van der Waals surface area contributed by atoms with Gasteiger partial charge in [-0.3, -0.25) is 4.79 Å². The highest BCUT2D eigenvalue weighted by Gasteiger charge is 2.14. The number of methoxy groups -OCH3 is 2. The molecule has 0 fully saturated rings. The summed E-state index contributed by atoms with van der Waals surface area (Å²) in [6.07, 6.45) is 0. The molecule has 1 amide bonds. The van der Waals surface area contributed by atoms with Crippen LogP contribution in [0.1, 0.15) is 15.9 Å². The summed E-state index contributed by atoms with van der Waals surface area (Å²) in [5.41, 5.74) is 6.48. The molecule has 0 aliphatic carbocycles. The van der Waals surface area contributed by atoms with E-state index in [1.165, 1.54) is 26.4 Å². The van der Waals surface area contributed by atoms with Gasteiger partial charge in [0.2, 0.25) is 0 Å².